The van der Waals surface area contributed by atoms with E-state index in [2.05, 4.69) is 18.2 Å². The van der Waals surface area contributed by atoms with E-state index in [-0.39, 0.29) is 37.1 Å². The molecule has 0 fully saturated rings. The predicted octanol–water partition coefficient (Wildman–Crippen LogP) is 3.36. The highest BCUT2D eigenvalue weighted by Crippen LogP contribution is 2.54. The highest BCUT2D eigenvalue weighted by molar-refractivity contribution is 5.69. The van der Waals surface area contributed by atoms with Crippen LogP contribution in [0.25, 0.3) is 0 Å². The Hall–Kier alpha value is -4.16. The first-order chi connectivity index (χ1) is 16.3. The molecule has 1 heterocycles. The maximum atomic E-state index is 12.5. The van der Waals surface area contributed by atoms with Crippen LogP contribution in [-0.4, -0.2) is 43.9 Å². The van der Waals surface area contributed by atoms with Crippen LogP contribution >= 0.6 is 0 Å². The maximum absolute atomic E-state index is 12.5. The summed E-state index contributed by atoms with van der Waals surface area (Å²) in [6.07, 6.45) is 1.15. The Morgan fingerprint density at radius 2 is 1.97 bits per heavy atom. The van der Waals surface area contributed by atoms with Crippen molar-refractivity contribution >= 4 is 6.09 Å². The van der Waals surface area contributed by atoms with Gasteiger partial charge in [-0.3, -0.25) is 0 Å². The fraction of sp³-hybridized carbons (Fsp3) is 0.440. The van der Waals surface area contributed by atoms with E-state index in [0.29, 0.717) is 22.6 Å². The van der Waals surface area contributed by atoms with E-state index >= 15 is 0 Å². The monoisotopic (exact) mass is 461 g/mol. The number of carbonyl (C=O) groups excluding carboxylic acids is 1. The molecule has 176 valence electrons. The summed E-state index contributed by atoms with van der Waals surface area (Å²) in [7, 11) is 1.51. The molecule has 2 atom stereocenters. The number of fused-ring (bicyclic) bond motifs is 1. The number of carbonyl (C=O) groups is 1. The fourth-order valence-electron chi connectivity index (χ4n) is 4.65. The van der Waals surface area contributed by atoms with Gasteiger partial charge in [-0.15, -0.1) is 0 Å². The predicted molar refractivity (Wildman–Crippen MR) is 122 cm³/mol. The summed E-state index contributed by atoms with van der Waals surface area (Å²) >= 11 is 0. The Kier molecular flexibility index (Phi) is 7.03. The number of amides is 1. The average Bonchev–Trinajstić information content (AvgIpc) is 2.83. The maximum Gasteiger partial charge on any atom is 0.410 e. The van der Waals surface area contributed by atoms with Crippen molar-refractivity contribution in [2.75, 3.05) is 26.8 Å². The summed E-state index contributed by atoms with van der Waals surface area (Å²) in [5, 5.41) is 30.3. The van der Waals surface area contributed by atoms with Crippen LogP contribution < -0.4 is 15.2 Å². The molecule has 1 aromatic carbocycles. The Morgan fingerprint density at radius 3 is 2.53 bits per heavy atom. The second-order valence-electron chi connectivity index (χ2n) is 8.36. The topological polar surface area (TPSA) is 145 Å². The lowest BCUT2D eigenvalue weighted by molar-refractivity contribution is 0.0999. The van der Waals surface area contributed by atoms with E-state index in [9.17, 15) is 20.6 Å². The standard InChI is InChI=1S/C25H27N5O4/c1-5-33-24(31)30-9-8-17-18(11-26)23(29)25(13-27,14-28)22(19(17)12-30)16-6-7-20(34-15(2)3)21(10-16)32-4/h6-8,10,15,19,22H,5,9,12,29H2,1-4H3/t19-,22+/m1/s1. The molecule has 1 aromatic rings. The van der Waals surface area contributed by atoms with Gasteiger partial charge in [0.15, 0.2) is 16.9 Å². The number of rotatable bonds is 5. The van der Waals surface area contributed by atoms with Gasteiger partial charge in [0.1, 0.15) is 6.07 Å². The van der Waals surface area contributed by atoms with Gasteiger partial charge in [-0.1, -0.05) is 12.1 Å². The van der Waals surface area contributed by atoms with E-state index in [0.717, 1.165) is 0 Å². The minimum absolute atomic E-state index is 0.0847. The van der Waals surface area contributed by atoms with Gasteiger partial charge < -0.3 is 24.8 Å². The molecule has 0 bridgehead atoms. The smallest absolute Gasteiger partial charge is 0.410 e. The van der Waals surface area contributed by atoms with Crippen LogP contribution in [0.5, 0.6) is 11.5 Å². The number of ether oxygens (including phenoxy) is 3. The minimum Gasteiger partial charge on any atom is -0.493 e. The Bertz CT molecular complexity index is 1150. The van der Waals surface area contributed by atoms with Crippen molar-refractivity contribution in [3.8, 4) is 29.7 Å². The van der Waals surface area contributed by atoms with Gasteiger partial charge in [0.05, 0.1) is 43.2 Å². The molecular weight excluding hydrogens is 434 g/mol. The van der Waals surface area contributed by atoms with Crippen LogP contribution in [0.3, 0.4) is 0 Å². The normalized spacial score (nSPS) is 20.9. The van der Waals surface area contributed by atoms with Crippen molar-refractivity contribution in [1.29, 1.82) is 15.8 Å². The van der Waals surface area contributed by atoms with Crippen LogP contribution in [0.1, 0.15) is 32.3 Å². The summed E-state index contributed by atoms with van der Waals surface area (Å²) in [6.45, 7) is 6.10. The quantitative estimate of drug-likeness (QED) is 0.702. The number of hydrogen-bond acceptors (Lipinski definition) is 8. The van der Waals surface area contributed by atoms with Crippen LogP contribution in [0, 0.1) is 45.3 Å². The van der Waals surface area contributed by atoms with Crippen molar-refractivity contribution in [3.63, 3.8) is 0 Å². The van der Waals surface area contributed by atoms with Gasteiger partial charge in [-0.25, -0.2) is 4.79 Å². The molecule has 0 aromatic heterocycles. The van der Waals surface area contributed by atoms with E-state index in [1.165, 1.54) is 12.0 Å². The summed E-state index contributed by atoms with van der Waals surface area (Å²) < 4.78 is 16.5. The van der Waals surface area contributed by atoms with Crippen molar-refractivity contribution < 1.29 is 19.0 Å². The first kappa shape index (κ1) is 24.5. The summed E-state index contributed by atoms with van der Waals surface area (Å²) in [6, 6.07) is 11.5. The number of allylic oxidation sites excluding steroid dienone is 2. The van der Waals surface area contributed by atoms with Crippen molar-refractivity contribution in [3.05, 3.63) is 46.7 Å². The molecular formula is C25H27N5O4. The molecule has 0 saturated heterocycles. The summed E-state index contributed by atoms with van der Waals surface area (Å²) in [5.74, 6) is -0.357. The third kappa shape index (κ3) is 4.00. The van der Waals surface area contributed by atoms with Gasteiger partial charge in [-0.2, -0.15) is 15.8 Å². The lowest BCUT2D eigenvalue weighted by atomic mass is 9.58. The number of nitrogens with two attached hydrogens (primary N) is 1. The van der Waals surface area contributed by atoms with Gasteiger partial charge in [0.2, 0.25) is 0 Å². The molecule has 0 saturated carbocycles. The van der Waals surface area contributed by atoms with Crippen LogP contribution in [-0.2, 0) is 4.74 Å². The van der Waals surface area contributed by atoms with Crippen LogP contribution in [0.4, 0.5) is 4.79 Å². The molecule has 34 heavy (non-hydrogen) atoms. The van der Waals surface area contributed by atoms with E-state index in [1.807, 2.05) is 13.8 Å². The third-order valence-electron chi connectivity index (χ3n) is 6.10. The largest absolute Gasteiger partial charge is 0.493 e. The molecule has 9 heteroatoms. The zero-order chi connectivity index (χ0) is 25.0. The van der Waals surface area contributed by atoms with Gasteiger partial charge in [0.25, 0.3) is 0 Å². The molecule has 2 aliphatic rings. The number of methoxy groups -OCH3 is 1. The lowest BCUT2D eigenvalue weighted by Crippen LogP contribution is -2.49. The fourth-order valence-corrected chi connectivity index (χ4v) is 4.65. The van der Waals surface area contributed by atoms with E-state index in [1.54, 1.807) is 31.2 Å². The Morgan fingerprint density at radius 1 is 1.26 bits per heavy atom. The molecule has 1 aliphatic carbocycles. The molecule has 3 rings (SSSR count). The highest BCUT2D eigenvalue weighted by Gasteiger charge is 2.55. The molecule has 2 N–H and O–H groups in total. The number of hydrogen-bond donors (Lipinski definition) is 1. The lowest BCUT2D eigenvalue weighted by Gasteiger charge is -2.45. The highest BCUT2D eigenvalue weighted by atomic mass is 16.6. The molecule has 1 aliphatic heterocycles. The zero-order valence-corrected chi connectivity index (χ0v) is 19.7. The Labute approximate surface area is 199 Å². The number of benzene rings is 1. The first-order valence-electron chi connectivity index (χ1n) is 11.0. The van der Waals surface area contributed by atoms with Crippen LogP contribution in [0.2, 0.25) is 0 Å². The summed E-state index contributed by atoms with van der Waals surface area (Å²) in [5.41, 5.74) is 5.77. The second kappa shape index (κ2) is 9.77. The Balaban J connectivity index is 2.23. The molecule has 0 unspecified atom stereocenters. The minimum atomic E-state index is -1.82. The molecule has 9 nitrogen and oxygen atoms in total. The zero-order valence-electron chi connectivity index (χ0n) is 19.7. The van der Waals surface area contributed by atoms with Crippen molar-refractivity contribution in [1.82, 2.24) is 4.90 Å². The molecule has 0 radical (unpaired) electrons. The number of nitriles is 3. The number of nitrogens with zero attached hydrogens (tertiary/aromatic N) is 4. The second-order valence-corrected chi connectivity index (χ2v) is 8.36. The van der Waals surface area contributed by atoms with Crippen molar-refractivity contribution in [2.24, 2.45) is 17.1 Å². The van der Waals surface area contributed by atoms with Gasteiger partial charge in [0, 0.05) is 24.9 Å². The van der Waals surface area contributed by atoms with Crippen molar-refractivity contribution in [2.45, 2.75) is 32.8 Å². The van der Waals surface area contributed by atoms with Gasteiger partial charge in [-0.05, 0) is 44.0 Å². The first-order valence-corrected chi connectivity index (χ1v) is 11.0. The van der Waals surface area contributed by atoms with Gasteiger partial charge >= 0.3 is 6.09 Å². The molecule has 1 amide bonds. The van der Waals surface area contributed by atoms with E-state index < -0.39 is 23.3 Å². The molecule has 0 spiro atoms. The van der Waals surface area contributed by atoms with E-state index in [4.69, 9.17) is 19.9 Å². The van der Waals surface area contributed by atoms with Crippen LogP contribution in [0.15, 0.2) is 41.1 Å². The SMILES string of the molecule is CCOC(=O)N1CC=C2C(C#N)=C(N)C(C#N)(C#N)[C@@H](c3ccc(OC(C)C)c(OC)c3)[C@@H]2C1. The average molecular weight is 462 g/mol. The summed E-state index contributed by atoms with van der Waals surface area (Å²) in [4.78, 5) is 14.0. The third-order valence-corrected chi connectivity index (χ3v) is 6.10.